The quantitative estimate of drug-likeness (QED) is 0.844. The number of aromatic nitrogens is 2. The molecule has 20 heavy (non-hydrogen) atoms. The number of benzene rings is 1. The number of halogens is 1. The Hall–Kier alpha value is -2.24. The Morgan fingerprint density at radius 3 is 2.85 bits per heavy atom. The van der Waals surface area contributed by atoms with E-state index in [2.05, 4.69) is 10.1 Å². The molecule has 1 aromatic carbocycles. The van der Waals surface area contributed by atoms with Gasteiger partial charge in [-0.25, -0.2) is 4.39 Å². The summed E-state index contributed by atoms with van der Waals surface area (Å²) in [6, 6.07) is 4.81. The third-order valence-corrected chi connectivity index (χ3v) is 3.50. The van der Waals surface area contributed by atoms with E-state index in [4.69, 9.17) is 4.52 Å². The van der Waals surface area contributed by atoms with E-state index >= 15 is 0 Å². The molecule has 1 atom stereocenters. The first-order valence-corrected chi connectivity index (χ1v) is 6.41. The van der Waals surface area contributed by atoms with Crippen LogP contribution in [0.1, 0.15) is 29.6 Å². The fourth-order valence-corrected chi connectivity index (χ4v) is 2.36. The summed E-state index contributed by atoms with van der Waals surface area (Å²) in [4.78, 5) is 17.8. The number of hydrogen-bond acceptors (Lipinski definition) is 4. The topological polar surface area (TPSA) is 59.2 Å². The average Bonchev–Trinajstić information content (AvgIpc) is 2.99. The van der Waals surface area contributed by atoms with Gasteiger partial charge in [-0.1, -0.05) is 11.2 Å². The maximum Gasteiger partial charge on any atom is 0.227 e. The molecule has 0 bridgehead atoms. The predicted molar refractivity (Wildman–Crippen MR) is 69.9 cm³/mol. The van der Waals surface area contributed by atoms with E-state index in [1.165, 1.54) is 6.07 Å². The van der Waals surface area contributed by atoms with E-state index in [1.54, 1.807) is 30.9 Å². The van der Waals surface area contributed by atoms with Crippen LogP contribution in [0.5, 0.6) is 0 Å². The van der Waals surface area contributed by atoms with Gasteiger partial charge >= 0.3 is 0 Å². The highest BCUT2D eigenvalue weighted by Gasteiger charge is 2.34. The van der Waals surface area contributed by atoms with Gasteiger partial charge in [-0.15, -0.1) is 0 Å². The number of amides is 1. The van der Waals surface area contributed by atoms with Gasteiger partial charge < -0.3 is 9.42 Å². The zero-order chi connectivity index (χ0) is 14.3. The van der Waals surface area contributed by atoms with E-state index in [9.17, 15) is 9.18 Å². The monoisotopic (exact) mass is 275 g/mol. The van der Waals surface area contributed by atoms with E-state index in [1.807, 2.05) is 0 Å². The lowest BCUT2D eigenvalue weighted by atomic mass is 10.1. The molecule has 2 heterocycles. The highest BCUT2D eigenvalue weighted by molar-refractivity contribution is 5.96. The summed E-state index contributed by atoms with van der Waals surface area (Å²) < 4.78 is 18.5. The van der Waals surface area contributed by atoms with Crippen molar-refractivity contribution in [1.82, 2.24) is 10.1 Å². The number of aryl methyl sites for hydroxylation is 2. The smallest absolute Gasteiger partial charge is 0.227 e. The van der Waals surface area contributed by atoms with Crippen LogP contribution < -0.4 is 4.90 Å². The van der Waals surface area contributed by atoms with Crippen LogP contribution in [-0.2, 0) is 4.79 Å². The minimum Gasteiger partial charge on any atom is -0.340 e. The fourth-order valence-electron chi connectivity index (χ4n) is 2.36. The highest BCUT2D eigenvalue weighted by atomic mass is 19.1. The Labute approximate surface area is 115 Å². The summed E-state index contributed by atoms with van der Waals surface area (Å²) in [6.45, 7) is 3.84. The summed E-state index contributed by atoms with van der Waals surface area (Å²) in [5, 5.41) is 3.85. The van der Waals surface area contributed by atoms with Crippen LogP contribution >= 0.6 is 0 Å². The molecule has 2 aromatic rings. The molecule has 1 aliphatic rings. The molecule has 0 N–H and O–H groups in total. The van der Waals surface area contributed by atoms with Crippen molar-refractivity contribution >= 4 is 11.6 Å². The maximum absolute atomic E-state index is 13.6. The molecule has 1 fully saturated rings. The summed E-state index contributed by atoms with van der Waals surface area (Å²) >= 11 is 0. The minimum absolute atomic E-state index is 0.0549. The zero-order valence-electron chi connectivity index (χ0n) is 11.3. The third-order valence-electron chi connectivity index (χ3n) is 3.50. The van der Waals surface area contributed by atoms with Crippen molar-refractivity contribution in [3.63, 3.8) is 0 Å². The first kappa shape index (κ1) is 12.8. The molecule has 1 amide bonds. The van der Waals surface area contributed by atoms with E-state index < -0.39 is 0 Å². The van der Waals surface area contributed by atoms with Gasteiger partial charge in [0.1, 0.15) is 5.82 Å². The normalized spacial score (nSPS) is 18.9. The standard InChI is InChI=1S/C14H14FN3O2/c1-8-3-4-11(6-12(8)15)18-7-10(5-13(18)19)14-16-9(2)20-17-14/h3-4,6,10H,5,7H2,1-2H3. The van der Waals surface area contributed by atoms with Crippen LogP contribution in [-0.4, -0.2) is 22.6 Å². The zero-order valence-corrected chi connectivity index (χ0v) is 11.3. The molecule has 104 valence electrons. The number of rotatable bonds is 2. The molecule has 1 unspecified atom stereocenters. The Balaban J connectivity index is 1.85. The van der Waals surface area contributed by atoms with Crippen molar-refractivity contribution in [2.24, 2.45) is 0 Å². The predicted octanol–water partition coefficient (Wildman–Crippen LogP) is 2.35. The average molecular weight is 275 g/mol. The highest BCUT2D eigenvalue weighted by Crippen LogP contribution is 2.31. The first-order chi connectivity index (χ1) is 9.54. The number of anilines is 1. The molecule has 0 radical (unpaired) electrons. The number of hydrogen-bond donors (Lipinski definition) is 0. The van der Waals surface area contributed by atoms with E-state index in [-0.39, 0.29) is 17.6 Å². The molecule has 0 spiro atoms. The Morgan fingerprint density at radius 2 is 2.20 bits per heavy atom. The molecular weight excluding hydrogens is 261 g/mol. The molecule has 1 saturated heterocycles. The van der Waals surface area contributed by atoms with Crippen LogP contribution in [0.4, 0.5) is 10.1 Å². The number of carbonyl (C=O) groups excluding carboxylic acids is 1. The molecule has 5 nitrogen and oxygen atoms in total. The van der Waals surface area contributed by atoms with Crippen LogP contribution in [0, 0.1) is 19.7 Å². The largest absolute Gasteiger partial charge is 0.340 e. The van der Waals surface area contributed by atoms with Crippen LogP contribution in [0.15, 0.2) is 22.7 Å². The molecule has 0 saturated carbocycles. The molecule has 3 rings (SSSR count). The van der Waals surface area contributed by atoms with Crippen molar-refractivity contribution in [1.29, 1.82) is 0 Å². The van der Waals surface area contributed by atoms with Gasteiger partial charge in [0.05, 0.1) is 0 Å². The third kappa shape index (κ3) is 2.17. The van der Waals surface area contributed by atoms with Gasteiger partial charge in [0.25, 0.3) is 0 Å². The first-order valence-electron chi connectivity index (χ1n) is 6.41. The van der Waals surface area contributed by atoms with Crippen molar-refractivity contribution in [2.45, 2.75) is 26.2 Å². The SMILES string of the molecule is Cc1nc(C2CC(=O)N(c3ccc(C)c(F)c3)C2)no1. The summed E-state index contributed by atoms with van der Waals surface area (Å²) in [6.07, 6.45) is 0.314. The number of nitrogens with zero attached hydrogens (tertiary/aromatic N) is 3. The van der Waals surface area contributed by atoms with Gasteiger partial charge in [0, 0.05) is 31.5 Å². The lowest BCUT2D eigenvalue weighted by molar-refractivity contribution is -0.117. The van der Waals surface area contributed by atoms with Gasteiger partial charge in [-0.05, 0) is 24.6 Å². The Bertz CT molecular complexity index is 668. The second kappa shape index (κ2) is 4.70. The summed E-state index contributed by atoms with van der Waals surface area (Å²) in [5.41, 5.74) is 1.13. The van der Waals surface area contributed by atoms with Gasteiger partial charge in [-0.2, -0.15) is 4.98 Å². The van der Waals surface area contributed by atoms with Gasteiger partial charge in [-0.3, -0.25) is 4.79 Å². The molecule has 6 heteroatoms. The lowest BCUT2D eigenvalue weighted by Gasteiger charge is -2.16. The number of carbonyl (C=O) groups is 1. The Morgan fingerprint density at radius 1 is 1.40 bits per heavy atom. The molecule has 1 aromatic heterocycles. The van der Waals surface area contributed by atoms with Crippen LogP contribution in [0.2, 0.25) is 0 Å². The molecule has 0 aliphatic carbocycles. The van der Waals surface area contributed by atoms with Crippen LogP contribution in [0.3, 0.4) is 0 Å². The van der Waals surface area contributed by atoms with E-state index in [0.717, 1.165) is 0 Å². The second-order valence-corrected chi connectivity index (χ2v) is 5.01. The fraction of sp³-hybridized carbons (Fsp3) is 0.357. The van der Waals surface area contributed by atoms with Crippen molar-refractivity contribution in [2.75, 3.05) is 11.4 Å². The van der Waals surface area contributed by atoms with Crippen molar-refractivity contribution < 1.29 is 13.7 Å². The lowest BCUT2D eigenvalue weighted by Crippen LogP contribution is -2.24. The summed E-state index contributed by atoms with van der Waals surface area (Å²) in [7, 11) is 0. The van der Waals surface area contributed by atoms with E-state index in [0.29, 0.717) is 35.9 Å². The van der Waals surface area contributed by atoms with Crippen molar-refractivity contribution in [3.8, 4) is 0 Å². The van der Waals surface area contributed by atoms with Crippen LogP contribution in [0.25, 0.3) is 0 Å². The summed E-state index contributed by atoms with van der Waals surface area (Å²) in [5.74, 6) is 0.539. The molecule has 1 aliphatic heterocycles. The second-order valence-electron chi connectivity index (χ2n) is 5.01. The van der Waals surface area contributed by atoms with Gasteiger partial charge in [0.2, 0.25) is 11.8 Å². The maximum atomic E-state index is 13.6. The molecular formula is C14H14FN3O2. The Kier molecular flexibility index (Phi) is 3.00. The minimum atomic E-state index is -0.311. The van der Waals surface area contributed by atoms with Crippen molar-refractivity contribution in [3.05, 3.63) is 41.3 Å². The van der Waals surface area contributed by atoms with Gasteiger partial charge in [0.15, 0.2) is 5.82 Å².